The standard InChI is InChI=1S/C11H13BrN4O/c1-8-3-4-10(9(5-8)6-12)17-7-11-13-15-16(2)14-11/h3-5H,6-7H2,1-2H3. The lowest BCUT2D eigenvalue weighted by molar-refractivity contribution is 0.293. The minimum absolute atomic E-state index is 0.330. The highest BCUT2D eigenvalue weighted by atomic mass is 79.9. The van der Waals surface area contributed by atoms with E-state index in [4.69, 9.17) is 4.74 Å². The molecular formula is C11H13BrN4O. The van der Waals surface area contributed by atoms with Gasteiger partial charge in [-0.05, 0) is 18.2 Å². The van der Waals surface area contributed by atoms with Crippen LogP contribution in [0.5, 0.6) is 5.75 Å². The van der Waals surface area contributed by atoms with Gasteiger partial charge in [0, 0.05) is 10.9 Å². The summed E-state index contributed by atoms with van der Waals surface area (Å²) in [7, 11) is 1.73. The predicted molar refractivity (Wildman–Crippen MR) is 66.9 cm³/mol. The molecule has 1 heterocycles. The largest absolute Gasteiger partial charge is 0.485 e. The number of alkyl halides is 1. The number of ether oxygens (including phenoxy) is 1. The molecular weight excluding hydrogens is 284 g/mol. The van der Waals surface area contributed by atoms with E-state index in [-0.39, 0.29) is 0 Å². The zero-order valence-electron chi connectivity index (χ0n) is 9.72. The molecule has 0 aliphatic rings. The van der Waals surface area contributed by atoms with Crippen LogP contribution in [0.15, 0.2) is 18.2 Å². The Kier molecular flexibility index (Phi) is 3.73. The molecule has 0 saturated carbocycles. The molecule has 0 amide bonds. The molecule has 0 fully saturated rings. The summed E-state index contributed by atoms with van der Waals surface area (Å²) in [4.78, 5) is 1.42. The van der Waals surface area contributed by atoms with E-state index < -0.39 is 0 Å². The minimum atomic E-state index is 0.330. The van der Waals surface area contributed by atoms with Gasteiger partial charge in [-0.3, -0.25) is 0 Å². The van der Waals surface area contributed by atoms with Crippen molar-refractivity contribution in [3.8, 4) is 5.75 Å². The topological polar surface area (TPSA) is 52.8 Å². The van der Waals surface area contributed by atoms with Crippen LogP contribution in [0.25, 0.3) is 0 Å². The van der Waals surface area contributed by atoms with Gasteiger partial charge in [0.1, 0.15) is 5.75 Å². The molecule has 0 unspecified atom stereocenters. The Hall–Kier alpha value is -1.43. The lowest BCUT2D eigenvalue weighted by Crippen LogP contribution is -2.01. The zero-order chi connectivity index (χ0) is 12.3. The van der Waals surface area contributed by atoms with E-state index in [2.05, 4.69) is 44.3 Å². The molecule has 1 aromatic carbocycles. The lowest BCUT2D eigenvalue weighted by atomic mass is 10.1. The molecule has 17 heavy (non-hydrogen) atoms. The number of tetrazole rings is 1. The van der Waals surface area contributed by atoms with Gasteiger partial charge in [0.15, 0.2) is 6.61 Å². The third kappa shape index (κ3) is 3.03. The SMILES string of the molecule is Cc1ccc(OCc2nnn(C)n2)c(CBr)c1. The maximum absolute atomic E-state index is 5.67. The van der Waals surface area contributed by atoms with Crippen molar-refractivity contribution in [1.82, 2.24) is 20.2 Å². The first-order valence-electron chi connectivity index (χ1n) is 5.20. The van der Waals surface area contributed by atoms with Crippen LogP contribution < -0.4 is 4.74 Å². The smallest absolute Gasteiger partial charge is 0.212 e. The molecule has 5 nitrogen and oxygen atoms in total. The third-order valence-corrected chi connectivity index (χ3v) is 2.87. The summed E-state index contributed by atoms with van der Waals surface area (Å²) >= 11 is 3.45. The second-order valence-electron chi connectivity index (χ2n) is 3.73. The Morgan fingerprint density at radius 1 is 1.41 bits per heavy atom. The molecule has 90 valence electrons. The molecule has 0 saturated heterocycles. The van der Waals surface area contributed by atoms with E-state index in [0.29, 0.717) is 12.4 Å². The molecule has 0 bridgehead atoms. The fourth-order valence-corrected chi connectivity index (χ4v) is 1.92. The van der Waals surface area contributed by atoms with Crippen molar-refractivity contribution < 1.29 is 4.74 Å². The van der Waals surface area contributed by atoms with Crippen LogP contribution >= 0.6 is 15.9 Å². The molecule has 0 aliphatic carbocycles. The van der Waals surface area contributed by atoms with Crippen LogP contribution in [0.1, 0.15) is 17.0 Å². The van der Waals surface area contributed by atoms with Gasteiger partial charge < -0.3 is 4.74 Å². The summed E-state index contributed by atoms with van der Waals surface area (Å²) in [5, 5.41) is 12.4. The number of hydrogen-bond donors (Lipinski definition) is 0. The van der Waals surface area contributed by atoms with Gasteiger partial charge in [-0.1, -0.05) is 33.6 Å². The fraction of sp³-hybridized carbons (Fsp3) is 0.364. The van der Waals surface area contributed by atoms with Gasteiger partial charge in [0.2, 0.25) is 5.82 Å². The van der Waals surface area contributed by atoms with Crippen molar-refractivity contribution >= 4 is 15.9 Å². The van der Waals surface area contributed by atoms with E-state index in [1.807, 2.05) is 12.1 Å². The number of nitrogens with zero attached hydrogens (tertiary/aromatic N) is 4. The quantitative estimate of drug-likeness (QED) is 0.810. The van der Waals surface area contributed by atoms with Gasteiger partial charge in [0.25, 0.3) is 0 Å². The van der Waals surface area contributed by atoms with Crippen molar-refractivity contribution in [3.05, 3.63) is 35.2 Å². The second-order valence-corrected chi connectivity index (χ2v) is 4.29. The molecule has 2 rings (SSSR count). The number of halogens is 1. The maximum Gasteiger partial charge on any atom is 0.212 e. The van der Waals surface area contributed by atoms with Crippen molar-refractivity contribution in [2.45, 2.75) is 18.9 Å². The highest BCUT2D eigenvalue weighted by molar-refractivity contribution is 9.08. The summed E-state index contributed by atoms with van der Waals surface area (Å²) < 4.78 is 5.67. The number of hydrogen-bond acceptors (Lipinski definition) is 4. The van der Waals surface area contributed by atoms with Gasteiger partial charge in [0.05, 0.1) is 7.05 Å². The number of rotatable bonds is 4. The highest BCUT2D eigenvalue weighted by Crippen LogP contribution is 2.23. The Morgan fingerprint density at radius 2 is 2.24 bits per heavy atom. The van der Waals surface area contributed by atoms with E-state index in [1.165, 1.54) is 10.4 Å². The first-order chi connectivity index (χ1) is 8.19. The summed E-state index contributed by atoms with van der Waals surface area (Å²) in [6.07, 6.45) is 0. The molecule has 0 atom stereocenters. The van der Waals surface area contributed by atoms with E-state index in [9.17, 15) is 0 Å². The summed E-state index contributed by atoms with van der Waals surface area (Å²) in [6.45, 7) is 2.39. The van der Waals surface area contributed by atoms with Crippen LogP contribution in [0.4, 0.5) is 0 Å². The Morgan fingerprint density at radius 3 is 2.88 bits per heavy atom. The Balaban J connectivity index is 2.08. The number of benzene rings is 1. The van der Waals surface area contributed by atoms with Gasteiger partial charge >= 0.3 is 0 Å². The Bertz CT molecular complexity index is 512. The fourth-order valence-electron chi connectivity index (χ4n) is 1.48. The van der Waals surface area contributed by atoms with Crippen molar-refractivity contribution in [3.63, 3.8) is 0 Å². The van der Waals surface area contributed by atoms with E-state index in [1.54, 1.807) is 7.05 Å². The molecule has 0 spiro atoms. The lowest BCUT2D eigenvalue weighted by Gasteiger charge is -2.08. The van der Waals surface area contributed by atoms with E-state index in [0.717, 1.165) is 16.6 Å². The molecule has 0 aliphatic heterocycles. The van der Waals surface area contributed by atoms with Crippen LogP contribution in [0.2, 0.25) is 0 Å². The van der Waals surface area contributed by atoms with Crippen LogP contribution in [-0.2, 0) is 19.0 Å². The summed E-state index contributed by atoms with van der Waals surface area (Å²) in [6, 6.07) is 6.07. The van der Waals surface area contributed by atoms with Crippen molar-refractivity contribution in [2.24, 2.45) is 7.05 Å². The molecule has 1 aromatic heterocycles. The molecule has 2 aromatic rings. The monoisotopic (exact) mass is 296 g/mol. The summed E-state index contributed by atoms with van der Waals surface area (Å²) in [5.41, 5.74) is 2.33. The molecule has 6 heteroatoms. The highest BCUT2D eigenvalue weighted by Gasteiger charge is 2.05. The van der Waals surface area contributed by atoms with Crippen LogP contribution in [0.3, 0.4) is 0 Å². The summed E-state index contributed by atoms with van der Waals surface area (Å²) in [5.74, 6) is 1.42. The molecule has 0 radical (unpaired) electrons. The van der Waals surface area contributed by atoms with Gasteiger partial charge in [-0.2, -0.15) is 4.80 Å². The first kappa shape index (κ1) is 12.0. The zero-order valence-corrected chi connectivity index (χ0v) is 11.3. The second kappa shape index (κ2) is 5.27. The predicted octanol–water partition coefficient (Wildman–Crippen LogP) is 1.99. The maximum atomic E-state index is 5.67. The third-order valence-electron chi connectivity index (χ3n) is 2.27. The normalized spacial score (nSPS) is 10.5. The first-order valence-corrected chi connectivity index (χ1v) is 6.32. The van der Waals surface area contributed by atoms with Crippen molar-refractivity contribution in [2.75, 3.05) is 0 Å². The average Bonchev–Trinajstić information content (AvgIpc) is 2.73. The van der Waals surface area contributed by atoms with Gasteiger partial charge in [-0.15, -0.1) is 10.2 Å². The van der Waals surface area contributed by atoms with Crippen LogP contribution in [0, 0.1) is 6.92 Å². The minimum Gasteiger partial charge on any atom is -0.485 e. The van der Waals surface area contributed by atoms with Crippen molar-refractivity contribution in [1.29, 1.82) is 0 Å². The van der Waals surface area contributed by atoms with E-state index >= 15 is 0 Å². The van der Waals surface area contributed by atoms with Crippen LogP contribution in [-0.4, -0.2) is 20.2 Å². The molecule has 0 N–H and O–H groups in total. The van der Waals surface area contributed by atoms with Gasteiger partial charge in [-0.25, -0.2) is 0 Å². The Labute approximate surface area is 108 Å². The number of aryl methyl sites for hydroxylation is 2. The number of aromatic nitrogens is 4. The average molecular weight is 297 g/mol.